The highest BCUT2D eigenvalue weighted by Gasteiger charge is 2.33. The van der Waals surface area contributed by atoms with Gasteiger partial charge in [0.25, 0.3) is 0 Å². The van der Waals surface area contributed by atoms with E-state index in [1.165, 1.54) is 6.92 Å². The minimum atomic E-state index is -4.53. The Morgan fingerprint density at radius 1 is 1.00 bits per heavy atom. The van der Waals surface area contributed by atoms with Crippen LogP contribution in [-0.2, 0) is 30.3 Å². The number of halogens is 3. The lowest BCUT2D eigenvalue weighted by molar-refractivity contribution is -0.146. The summed E-state index contributed by atoms with van der Waals surface area (Å²) >= 11 is 0. The Hall–Kier alpha value is -2.72. The van der Waals surface area contributed by atoms with Gasteiger partial charge in [0.2, 0.25) is 0 Å². The van der Waals surface area contributed by atoms with E-state index in [0.717, 1.165) is 29.8 Å². The minimum Gasteiger partial charge on any atom is -0.464 e. The van der Waals surface area contributed by atoms with Crippen LogP contribution in [0.5, 0.6) is 0 Å². The highest BCUT2D eigenvalue weighted by molar-refractivity contribution is 7.91. The van der Waals surface area contributed by atoms with E-state index >= 15 is 0 Å². The molecule has 1 aliphatic rings. The first-order valence-electron chi connectivity index (χ1n) is 12.3. The van der Waals surface area contributed by atoms with Gasteiger partial charge in [-0.25, -0.2) is 8.42 Å². The summed E-state index contributed by atoms with van der Waals surface area (Å²) in [5.41, 5.74) is 5.55. The summed E-state index contributed by atoms with van der Waals surface area (Å²) in [5, 5.41) is 0. The maximum atomic E-state index is 13.1. The van der Waals surface area contributed by atoms with E-state index in [2.05, 4.69) is 0 Å². The summed E-state index contributed by atoms with van der Waals surface area (Å²) < 4.78 is 69.1. The van der Waals surface area contributed by atoms with Crippen molar-refractivity contribution in [2.75, 3.05) is 12.4 Å². The number of esters is 1. The fourth-order valence-electron chi connectivity index (χ4n) is 4.63. The van der Waals surface area contributed by atoms with Gasteiger partial charge < -0.3 is 10.5 Å². The van der Waals surface area contributed by atoms with Gasteiger partial charge in [-0.1, -0.05) is 30.3 Å². The summed E-state index contributed by atoms with van der Waals surface area (Å²) in [4.78, 5) is 24.8. The van der Waals surface area contributed by atoms with E-state index in [4.69, 9.17) is 10.5 Å². The molecule has 3 rings (SSSR count). The topological polar surface area (TPSA) is 104 Å². The number of nitrogens with two attached hydrogens (primary N) is 1. The molecular formula is C27H32F3NO5S. The smallest absolute Gasteiger partial charge is 0.416 e. The first-order chi connectivity index (χ1) is 17.4. The second-order valence-corrected chi connectivity index (χ2v) is 11.8. The van der Waals surface area contributed by atoms with Crippen molar-refractivity contribution < 1.29 is 35.9 Å². The SMILES string of the molecule is C[C@H](N)C(=O)OC[C@@H](CC(=O)C1CCC(CS(=O)(=O)c2ccc(C(F)(F)F)cc2)CC1)c1ccccc1. The average Bonchev–Trinajstić information content (AvgIpc) is 2.86. The average molecular weight is 540 g/mol. The van der Waals surface area contributed by atoms with Gasteiger partial charge in [0, 0.05) is 18.3 Å². The number of Topliss-reactive ketones (excluding diaryl/α,β-unsaturated/α-hetero) is 1. The molecule has 1 saturated carbocycles. The van der Waals surface area contributed by atoms with Crippen LogP contribution in [-0.4, -0.2) is 38.6 Å². The van der Waals surface area contributed by atoms with Crippen LogP contribution < -0.4 is 5.73 Å². The van der Waals surface area contributed by atoms with Crippen LogP contribution in [0.4, 0.5) is 13.2 Å². The van der Waals surface area contributed by atoms with Crippen LogP contribution in [0.3, 0.4) is 0 Å². The predicted molar refractivity (Wildman–Crippen MR) is 132 cm³/mol. The van der Waals surface area contributed by atoms with Crippen molar-refractivity contribution in [1.82, 2.24) is 0 Å². The maximum absolute atomic E-state index is 13.1. The Morgan fingerprint density at radius 2 is 1.59 bits per heavy atom. The molecule has 2 aromatic carbocycles. The summed E-state index contributed by atoms with van der Waals surface area (Å²) in [6.45, 7) is 1.57. The Balaban J connectivity index is 1.57. The van der Waals surface area contributed by atoms with Crippen molar-refractivity contribution >= 4 is 21.6 Å². The lowest BCUT2D eigenvalue weighted by atomic mass is 9.78. The molecule has 0 amide bonds. The number of benzene rings is 2. The Bertz CT molecular complexity index is 1160. The van der Waals surface area contributed by atoms with Crippen molar-refractivity contribution in [3.8, 4) is 0 Å². The van der Waals surface area contributed by atoms with E-state index < -0.39 is 33.6 Å². The lowest BCUT2D eigenvalue weighted by Crippen LogP contribution is -2.31. The molecule has 0 spiro atoms. The van der Waals surface area contributed by atoms with Crippen molar-refractivity contribution in [2.45, 2.75) is 62.1 Å². The highest BCUT2D eigenvalue weighted by atomic mass is 32.2. The van der Waals surface area contributed by atoms with Crippen molar-refractivity contribution in [1.29, 1.82) is 0 Å². The number of ketones is 1. The number of ether oxygens (including phenoxy) is 1. The number of carbonyl (C=O) groups is 2. The molecule has 2 atom stereocenters. The zero-order valence-electron chi connectivity index (χ0n) is 20.6. The van der Waals surface area contributed by atoms with E-state index in [-0.39, 0.29) is 47.2 Å². The Morgan fingerprint density at radius 3 is 2.14 bits per heavy atom. The van der Waals surface area contributed by atoms with Crippen LogP contribution in [0, 0.1) is 11.8 Å². The normalized spacial score (nSPS) is 20.1. The summed E-state index contributed by atoms with van der Waals surface area (Å²) in [6, 6.07) is 12.1. The Kier molecular flexibility index (Phi) is 9.52. The van der Waals surface area contributed by atoms with Gasteiger partial charge in [-0.15, -0.1) is 0 Å². The highest BCUT2D eigenvalue weighted by Crippen LogP contribution is 2.35. The van der Waals surface area contributed by atoms with Gasteiger partial charge in [-0.05, 0) is 68.4 Å². The molecule has 0 aromatic heterocycles. The van der Waals surface area contributed by atoms with Gasteiger partial charge in [0.1, 0.15) is 11.8 Å². The van der Waals surface area contributed by atoms with Crippen LogP contribution >= 0.6 is 0 Å². The molecule has 1 fully saturated rings. The van der Waals surface area contributed by atoms with Crippen molar-refractivity contribution in [2.24, 2.45) is 17.6 Å². The molecule has 6 nitrogen and oxygen atoms in total. The van der Waals surface area contributed by atoms with Crippen molar-refractivity contribution in [3.63, 3.8) is 0 Å². The molecule has 2 N–H and O–H groups in total. The maximum Gasteiger partial charge on any atom is 0.416 e. The number of alkyl halides is 3. The summed E-state index contributed by atoms with van der Waals surface area (Å²) in [7, 11) is -3.75. The fourth-order valence-corrected chi connectivity index (χ4v) is 6.33. The van der Waals surface area contributed by atoms with E-state index in [1.807, 2.05) is 30.3 Å². The zero-order chi connectivity index (χ0) is 27.2. The van der Waals surface area contributed by atoms with Crippen LogP contribution in [0.1, 0.15) is 56.1 Å². The van der Waals surface area contributed by atoms with Gasteiger partial charge in [-0.2, -0.15) is 13.2 Å². The molecule has 0 radical (unpaired) electrons. The quantitative estimate of drug-likeness (QED) is 0.430. The molecule has 202 valence electrons. The van der Waals surface area contributed by atoms with E-state index in [1.54, 1.807) is 0 Å². The molecule has 37 heavy (non-hydrogen) atoms. The largest absolute Gasteiger partial charge is 0.464 e. The standard InChI is InChI=1S/C27H32F3NO5S/c1-18(31)26(33)36-16-22(20-5-3-2-4-6-20)15-25(32)21-9-7-19(8-10-21)17-37(34,35)24-13-11-23(12-14-24)27(28,29)30/h2-6,11-14,18-19,21-22H,7-10,15-17,31H2,1H3/t18-,19?,21?,22+/m0/s1. The predicted octanol–water partition coefficient (Wildman–Crippen LogP) is 4.92. The number of hydrogen-bond acceptors (Lipinski definition) is 6. The number of carbonyl (C=O) groups excluding carboxylic acids is 2. The molecule has 1 aliphatic carbocycles. The first-order valence-corrected chi connectivity index (χ1v) is 13.9. The summed E-state index contributed by atoms with van der Waals surface area (Å²) in [6.07, 6.45) is -2.20. The molecule has 0 unspecified atom stereocenters. The third kappa shape index (κ3) is 8.13. The minimum absolute atomic E-state index is 0.0368. The Labute approximate surface area is 215 Å². The van der Waals surface area contributed by atoms with Gasteiger partial charge in [-0.3, -0.25) is 9.59 Å². The monoisotopic (exact) mass is 539 g/mol. The van der Waals surface area contributed by atoms with Gasteiger partial charge in [0.05, 0.1) is 22.8 Å². The fraction of sp³-hybridized carbons (Fsp3) is 0.481. The number of hydrogen-bond donors (Lipinski definition) is 1. The molecule has 0 saturated heterocycles. The van der Waals surface area contributed by atoms with Crippen LogP contribution in [0.15, 0.2) is 59.5 Å². The molecule has 0 bridgehead atoms. The van der Waals surface area contributed by atoms with E-state index in [9.17, 15) is 31.2 Å². The van der Waals surface area contributed by atoms with Crippen molar-refractivity contribution in [3.05, 3.63) is 65.7 Å². The summed E-state index contributed by atoms with van der Waals surface area (Å²) in [5.74, 6) is -1.38. The number of sulfone groups is 1. The number of rotatable bonds is 10. The van der Waals surface area contributed by atoms with E-state index in [0.29, 0.717) is 25.7 Å². The van der Waals surface area contributed by atoms with Gasteiger partial charge >= 0.3 is 12.1 Å². The zero-order valence-corrected chi connectivity index (χ0v) is 21.4. The lowest BCUT2D eigenvalue weighted by Gasteiger charge is -2.28. The first kappa shape index (κ1) is 28.8. The van der Waals surface area contributed by atoms with Gasteiger partial charge in [0.15, 0.2) is 9.84 Å². The second-order valence-electron chi connectivity index (χ2n) is 9.72. The third-order valence-corrected chi connectivity index (χ3v) is 8.72. The second kappa shape index (κ2) is 12.2. The molecule has 10 heteroatoms. The molecule has 0 heterocycles. The third-order valence-electron chi connectivity index (χ3n) is 6.82. The molecular weight excluding hydrogens is 507 g/mol. The van der Waals surface area contributed by atoms with Crippen LogP contribution in [0.25, 0.3) is 0 Å². The van der Waals surface area contributed by atoms with Crippen LogP contribution in [0.2, 0.25) is 0 Å². The molecule has 0 aliphatic heterocycles. The molecule has 2 aromatic rings.